The van der Waals surface area contributed by atoms with E-state index in [1.807, 2.05) is 18.2 Å². The minimum atomic E-state index is -0.107. The van der Waals surface area contributed by atoms with E-state index in [0.29, 0.717) is 30.4 Å². The molecule has 1 fully saturated rings. The third-order valence-corrected chi connectivity index (χ3v) is 6.26. The summed E-state index contributed by atoms with van der Waals surface area (Å²) in [4.78, 5) is 24.6. The molecule has 1 amide bonds. The van der Waals surface area contributed by atoms with Crippen molar-refractivity contribution in [2.45, 2.75) is 32.1 Å². The van der Waals surface area contributed by atoms with Gasteiger partial charge in [-0.3, -0.25) is 4.79 Å². The molecule has 3 aliphatic heterocycles. The van der Waals surface area contributed by atoms with Crippen LogP contribution in [-0.4, -0.2) is 56.0 Å². The number of methoxy groups -OCH3 is 1. The highest BCUT2D eigenvalue weighted by atomic mass is 16.7. The number of hydrogen-bond donors (Lipinski definition) is 1. The molecule has 8 heteroatoms. The third-order valence-electron chi connectivity index (χ3n) is 6.26. The van der Waals surface area contributed by atoms with Crippen LogP contribution in [0.3, 0.4) is 0 Å². The Bertz CT molecular complexity index is 980. The standard InChI is InChI=1S/C23H28N4O4/c1-29-10-7-15-3-2-9-27(13-15)22-17-6-8-24-23(28)21(17)25-20(26-22)12-16-4-5-18-19(11-16)31-14-30-18/h4-5,11,15H,2-3,6-10,12-14H2,1H3,(H,24,28). The first-order valence-electron chi connectivity index (χ1n) is 11.0. The van der Waals surface area contributed by atoms with Crippen molar-refractivity contribution in [3.63, 3.8) is 0 Å². The van der Waals surface area contributed by atoms with Crippen LogP contribution < -0.4 is 19.7 Å². The van der Waals surface area contributed by atoms with Crippen LogP contribution in [0.1, 0.15) is 46.7 Å². The monoisotopic (exact) mass is 424 g/mol. The Balaban J connectivity index is 1.46. The van der Waals surface area contributed by atoms with Crippen molar-refractivity contribution in [3.05, 3.63) is 40.8 Å². The normalized spacial score (nSPS) is 19.8. The van der Waals surface area contributed by atoms with Crippen LogP contribution in [0.15, 0.2) is 18.2 Å². The Labute approximate surface area is 181 Å². The first-order valence-corrected chi connectivity index (χ1v) is 11.0. The van der Waals surface area contributed by atoms with Crippen LogP contribution in [0.25, 0.3) is 0 Å². The zero-order valence-corrected chi connectivity index (χ0v) is 17.9. The van der Waals surface area contributed by atoms with E-state index in [9.17, 15) is 4.79 Å². The van der Waals surface area contributed by atoms with E-state index in [4.69, 9.17) is 19.2 Å². The number of hydrogen-bond acceptors (Lipinski definition) is 7. The van der Waals surface area contributed by atoms with Crippen LogP contribution in [0.5, 0.6) is 11.5 Å². The zero-order valence-electron chi connectivity index (χ0n) is 17.9. The van der Waals surface area contributed by atoms with Gasteiger partial charge in [0.05, 0.1) is 0 Å². The van der Waals surface area contributed by atoms with Gasteiger partial charge in [-0.15, -0.1) is 0 Å². The molecule has 1 aromatic carbocycles. The van der Waals surface area contributed by atoms with Crippen molar-refractivity contribution in [3.8, 4) is 11.5 Å². The second kappa shape index (κ2) is 8.70. The number of anilines is 1. The molecule has 0 saturated carbocycles. The fraction of sp³-hybridized carbons (Fsp3) is 0.522. The minimum absolute atomic E-state index is 0.107. The number of ether oxygens (including phenoxy) is 3. The number of fused-ring (bicyclic) bond motifs is 2. The molecule has 1 unspecified atom stereocenters. The molecule has 0 aliphatic carbocycles. The van der Waals surface area contributed by atoms with Gasteiger partial charge in [-0.1, -0.05) is 6.07 Å². The molecule has 164 valence electrons. The fourth-order valence-electron chi connectivity index (χ4n) is 4.67. The summed E-state index contributed by atoms with van der Waals surface area (Å²) in [5, 5.41) is 2.93. The molecule has 31 heavy (non-hydrogen) atoms. The summed E-state index contributed by atoms with van der Waals surface area (Å²) < 4.78 is 16.2. The van der Waals surface area contributed by atoms with Gasteiger partial charge in [0.1, 0.15) is 17.3 Å². The summed E-state index contributed by atoms with van der Waals surface area (Å²) in [6.45, 7) is 3.55. The van der Waals surface area contributed by atoms with Crippen LogP contribution in [-0.2, 0) is 17.6 Å². The van der Waals surface area contributed by atoms with E-state index in [0.717, 1.165) is 67.4 Å². The largest absolute Gasteiger partial charge is 0.454 e. The summed E-state index contributed by atoms with van der Waals surface area (Å²) >= 11 is 0. The van der Waals surface area contributed by atoms with Crippen molar-refractivity contribution < 1.29 is 19.0 Å². The molecule has 2 aromatic rings. The number of nitrogens with one attached hydrogen (secondary N) is 1. The maximum Gasteiger partial charge on any atom is 0.270 e. The molecule has 1 saturated heterocycles. The van der Waals surface area contributed by atoms with Crippen LogP contribution >= 0.6 is 0 Å². The first kappa shape index (κ1) is 20.1. The number of aromatic nitrogens is 2. The average Bonchev–Trinajstić information content (AvgIpc) is 3.26. The second-order valence-corrected chi connectivity index (χ2v) is 8.40. The summed E-state index contributed by atoms with van der Waals surface area (Å²) in [6, 6.07) is 5.87. The van der Waals surface area contributed by atoms with Crippen molar-refractivity contribution in [2.24, 2.45) is 5.92 Å². The predicted molar refractivity (Wildman–Crippen MR) is 115 cm³/mol. The lowest BCUT2D eigenvalue weighted by Gasteiger charge is -2.35. The lowest BCUT2D eigenvalue weighted by atomic mass is 9.94. The number of piperidine rings is 1. The van der Waals surface area contributed by atoms with E-state index in [2.05, 4.69) is 15.2 Å². The Morgan fingerprint density at radius 2 is 2.16 bits per heavy atom. The molecule has 1 aromatic heterocycles. The van der Waals surface area contributed by atoms with Gasteiger partial charge in [-0.2, -0.15) is 0 Å². The van der Waals surface area contributed by atoms with Crippen molar-refractivity contribution in [1.29, 1.82) is 0 Å². The molecule has 0 radical (unpaired) electrons. The molecule has 0 spiro atoms. The topological polar surface area (TPSA) is 85.8 Å². The average molecular weight is 425 g/mol. The van der Waals surface area contributed by atoms with Gasteiger partial charge in [-0.25, -0.2) is 9.97 Å². The van der Waals surface area contributed by atoms with Gasteiger partial charge in [0.15, 0.2) is 11.5 Å². The molecule has 1 N–H and O–H groups in total. The van der Waals surface area contributed by atoms with E-state index < -0.39 is 0 Å². The summed E-state index contributed by atoms with van der Waals surface area (Å²) in [7, 11) is 1.75. The zero-order chi connectivity index (χ0) is 21.2. The Hall–Kier alpha value is -2.87. The highest BCUT2D eigenvalue weighted by Crippen LogP contribution is 2.34. The van der Waals surface area contributed by atoms with Gasteiger partial charge in [0.2, 0.25) is 6.79 Å². The number of amides is 1. The quantitative estimate of drug-likeness (QED) is 0.762. The molecule has 4 heterocycles. The minimum Gasteiger partial charge on any atom is -0.454 e. The smallest absolute Gasteiger partial charge is 0.270 e. The summed E-state index contributed by atoms with van der Waals surface area (Å²) in [6.07, 6.45) is 4.67. The van der Waals surface area contributed by atoms with Crippen molar-refractivity contribution in [1.82, 2.24) is 15.3 Å². The van der Waals surface area contributed by atoms with Crippen LogP contribution in [0.4, 0.5) is 5.82 Å². The van der Waals surface area contributed by atoms with Gasteiger partial charge in [-0.05, 0) is 49.3 Å². The lowest BCUT2D eigenvalue weighted by molar-refractivity contribution is 0.0940. The molecule has 5 rings (SSSR count). The summed E-state index contributed by atoms with van der Waals surface area (Å²) in [5.74, 6) is 3.55. The Morgan fingerprint density at radius 3 is 3.06 bits per heavy atom. The Kier molecular flexibility index (Phi) is 5.63. The molecule has 3 aliphatic rings. The lowest BCUT2D eigenvalue weighted by Crippen LogP contribution is -2.40. The molecule has 0 bridgehead atoms. The van der Waals surface area contributed by atoms with Crippen LogP contribution in [0, 0.1) is 5.92 Å². The van der Waals surface area contributed by atoms with E-state index >= 15 is 0 Å². The number of carbonyl (C=O) groups is 1. The van der Waals surface area contributed by atoms with E-state index in [-0.39, 0.29) is 12.7 Å². The molecular formula is C23H28N4O4. The fourth-order valence-corrected chi connectivity index (χ4v) is 4.67. The number of nitrogens with zero attached hydrogens (tertiary/aromatic N) is 3. The number of benzene rings is 1. The highest BCUT2D eigenvalue weighted by molar-refractivity contribution is 5.96. The highest BCUT2D eigenvalue weighted by Gasteiger charge is 2.29. The van der Waals surface area contributed by atoms with Crippen molar-refractivity contribution >= 4 is 11.7 Å². The van der Waals surface area contributed by atoms with Gasteiger partial charge >= 0.3 is 0 Å². The molecule has 1 atom stereocenters. The van der Waals surface area contributed by atoms with Crippen molar-refractivity contribution in [2.75, 3.05) is 45.0 Å². The second-order valence-electron chi connectivity index (χ2n) is 8.40. The number of rotatable bonds is 6. The van der Waals surface area contributed by atoms with Crippen LogP contribution in [0.2, 0.25) is 0 Å². The van der Waals surface area contributed by atoms with Gasteiger partial charge in [0.25, 0.3) is 5.91 Å². The first-order chi connectivity index (χ1) is 15.2. The maximum absolute atomic E-state index is 12.6. The van der Waals surface area contributed by atoms with Gasteiger partial charge < -0.3 is 24.4 Å². The molecule has 8 nitrogen and oxygen atoms in total. The van der Waals surface area contributed by atoms with Gasteiger partial charge in [0, 0.05) is 45.3 Å². The third kappa shape index (κ3) is 4.17. The predicted octanol–water partition coefficient (Wildman–Crippen LogP) is 2.33. The summed E-state index contributed by atoms with van der Waals surface area (Å²) in [5.41, 5.74) is 2.53. The SMILES string of the molecule is COCCC1CCCN(c2nc(Cc3ccc4c(c3)OCO4)nc3c2CCNC3=O)C1. The maximum atomic E-state index is 12.6. The van der Waals surface area contributed by atoms with E-state index in [1.54, 1.807) is 7.11 Å². The van der Waals surface area contributed by atoms with E-state index in [1.165, 1.54) is 6.42 Å². The Morgan fingerprint density at radius 1 is 1.26 bits per heavy atom. The molecular weight excluding hydrogens is 396 g/mol. The number of carbonyl (C=O) groups excluding carboxylic acids is 1.